The van der Waals surface area contributed by atoms with Gasteiger partial charge in [0.15, 0.2) is 5.65 Å². The van der Waals surface area contributed by atoms with Crippen LogP contribution in [-0.2, 0) is 6.54 Å². The van der Waals surface area contributed by atoms with Gasteiger partial charge in [-0.1, -0.05) is 0 Å². The van der Waals surface area contributed by atoms with Crippen molar-refractivity contribution in [1.29, 1.82) is 0 Å². The molecule has 0 N–H and O–H groups in total. The Kier molecular flexibility index (Phi) is 2.68. The SMILES string of the molecule is O=c1oc(=O)n(Cc2ccncc2)c2ncccc12. The van der Waals surface area contributed by atoms with Crippen molar-refractivity contribution in [3.8, 4) is 0 Å². The zero-order valence-corrected chi connectivity index (χ0v) is 9.81. The third-order valence-electron chi connectivity index (χ3n) is 2.75. The number of hydrogen-bond acceptors (Lipinski definition) is 5. The molecule has 0 fully saturated rings. The summed E-state index contributed by atoms with van der Waals surface area (Å²) in [6, 6.07) is 6.77. The lowest BCUT2D eigenvalue weighted by Crippen LogP contribution is -2.26. The van der Waals surface area contributed by atoms with Crippen LogP contribution in [0.3, 0.4) is 0 Å². The lowest BCUT2D eigenvalue weighted by molar-refractivity contribution is 0.423. The van der Waals surface area contributed by atoms with Crippen LogP contribution >= 0.6 is 0 Å². The van der Waals surface area contributed by atoms with E-state index in [1.165, 1.54) is 10.8 Å². The molecule has 0 aliphatic heterocycles. The number of pyridine rings is 2. The Morgan fingerprint density at radius 1 is 1.11 bits per heavy atom. The molecule has 6 nitrogen and oxygen atoms in total. The average molecular weight is 255 g/mol. The minimum absolute atomic E-state index is 0.276. The summed E-state index contributed by atoms with van der Waals surface area (Å²) < 4.78 is 6.02. The molecular formula is C13H9N3O3. The van der Waals surface area contributed by atoms with Gasteiger partial charge in [0.1, 0.15) is 5.39 Å². The fourth-order valence-corrected chi connectivity index (χ4v) is 1.86. The van der Waals surface area contributed by atoms with Crippen LogP contribution < -0.4 is 11.4 Å². The molecule has 6 heteroatoms. The number of fused-ring (bicyclic) bond motifs is 1. The molecule has 0 saturated carbocycles. The van der Waals surface area contributed by atoms with Crippen molar-refractivity contribution in [3.05, 3.63) is 69.4 Å². The van der Waals surface area contributed by atoms with Gasteiger partial charge in [0, 0.05) is 18.6 Å². The van der Waals surface area contributed by atoms with Crippen LogP contribution in [-0.4, -0.2) is 14.5 Å². The van der Waals surface area contributed by atoms with Crippen LogP contribution in [0.4, 0.5) is 0 Å². The van der Waals surface area contributed by atoms with Crippen LogP contribution in [0.5, 0.6) is 0 Å². The standard InChI is InChI=1S/C13H9N3O3/c17-12-10-2-1-5-15-11(10)16(13(18)19-12)8-9-3-6-14-7-4-9/h1-7H,8H2. The Hall–Kier alpha value is -2.76. The van der Waals surface area contributed by atoms with Crippen molar-refractivity contribution in [3.63, 3.8) is 0 Å². The van der Waals surface area contributed by atoms with E-state index in [1.807, 2.05) is 0 Å². The van der Waals surface area contributed by atoms with Crippen LogP contribution in [0.2, 0.25) is 0 Å². The molecule has 3 aromatic heterocycles. The summed E-state index contributed by atoms with van der Waals surface area (Å²) in [5.41, 5.74) is 0.526. The predicted molar refractivity (Wildman–Crippen MR) is 67.9 cm³/mol. The molecular weight excluding hydrogens is 246 g/mol. The van der Waals surface area contributed by atoms with E-state index in [4.69, 9.17) is 0 Å². The molecule has 0 radical (unpaired) electrons. The van der Waals surface area contributed by atoms with Gasteiger partial charge in [-0.25, -0.2) is 14.6 Å². The van der Waals surface area contributed by atoms with E-state index in [9.17, 15) is 9.59 Å². The third-order valence-corrected chi connectivity index (χ3v) is 2.75. The van der Waals surface area contributed by atoms with E-state index in [-0.39, 0.29) is 11.9 Å². The van der Waals surface area contributed by atoms with Crippen molar-refractivity contribution < 1.29 is 4.42 Å². The minimum Gasteiger partial charge on any atom is -0.372 e. The van der Waals surface area contributed by atoms with Gasteiger partial charge < -0.3 is 4.42 Å². The van der Waals surface area contributed by atoms with E-state index < -0.39 is 11.4 Å². The van der Waals surface area contributed by atoms with Gasteiger partial charge in [-0.2, -0.15) is 0 Å². The van der Waals surface area contributed by atoms with Crippen molar-refractivity contribution in [2.45, 2.75) is 6.54 Å². The van der Waals surface area contributed by atoms with E-state index in [0.29, 0.717) is 5.65 Å². The summed E-state index contributed by atoms with van der Waals surface area (Å²) in [5.74, 6) is -0.715. The molecule has 0 unspecified atom stereocenters. The van der Waals surface area contributed by atoms with Gasteiger partial charge in [0.2, 0.25) is 0 Å². The van der Waals surface area contributed by atoms with Crippen molar-refractivity contribution >= 4 is 11.0 Å². The highest BCUT2D eigenvalue weighted by molar-refractivity contribution is 5.72. The van der Waals surface area contributed by atoms with Gasteiger partial charge in [-0.05, 0) is 29.8 Å². The highest BCUT2D eigenvalue weighted by atomic mass is 16.4. The Balaban J connectivity index is 2.24. The van der Waals surface area contributed by atoms with Crippen LogP contribution in [0.1, 0.15) is 5.56 Å². The lowest BCUT2D eigenvalue weighted by atomic mass is 10.2. The molecule has 19 heavy (non-hydrogen) atoms. The Morgan fingerprint density at radius 3 is 2.68 bits per heavy atom. The fraction of sp³-hybridized carbons (Fsp3) is 0.0769. The lowest BCUT2D eigenvalue weighted by Gasteiger charge is -2.06. The van der Waals surface area contributed by atoms with Gasteiger partial charge in [0.05, 0.1) is 6.54 Å². The first-order chi connectivity index (χ1) is 9.25. The number of nitrogens with zero attached hydrogens (tertiary/aromatic N) is 3. The number of rotatable bonds is 2. The molecule has 0 aliphatic rings. The predicted octanol–water partition coefficient (Wildman–Crippen LogP) is 0.793. The van der Waals surface area contributed by atoms with Gasteiger partial charge >= 0.3 is 11.4 Å². The molecule has 0 aliphatic carbocycles. The largest absolute Gasteiger partial charge is 0.423 e. The maximum absolute atomic E-state index is 11.8. The van der Waals surface area contributed by atoms with Crippen LogP contribution in [0.15, 0.2) is 56.9 Å². The minimum atomic E-state index is -0.715. The summed E-state index contributed by atoms with van der Waals surface area (Å²) >= 11 is 0. The zero-order chi connectivity index (χ0) is 13.2. The molecule has 3 rings (SSSR count). The first kappa shape index (κ1) is 11.3. The third kappa shape index (κ3) is 2.03. The molecule has 0 bridgehead atoms. The highest BCUT2D eigenvalue weighted by Gasteiger charge is 2.10. The van der Waals surface area contributed by atoms with Gasteiger partial charge in [-0.3, -0.25) is 9.55 Å². The molecule has 0 amide bonds. The summed E-state index contributed by atoms with van der Waals surface area (Å²) in [7, 11) is 0. The quantitative estimate of drug-likeness (QED) is 0.676. The average Bonchev–Trinajstić information content (AvgIpc) is 2.45. The van der Waals surface area contributed by atoms with Crippen LogP contribution in [0.25, 0.3) is 11.0 Å². The molecule has 0 spiro atoms. The molecule has 3 heterocycles. The molecule has 94 valence electrons. The Morgan fingerprint density at radius 2 is 1.89 bits per heavy atom. The second kappa shape index (κ2) is 4.49. The van der Waals surface area contributed by atoms with E-state index in [1.54, 1.807) is 36.7 Å². The van der Waals surface area contributed by atoms with Gasteiger partial charge in [0.25, 0.3) is 0 Å². The summed E-state index contributed by atoms with van der Waals surface area (Å²) in [6.07, 6.45) is 4.80. The fourth-order valence-electron chi connectivity index (χ4n) is 1.86. The van der Waals surface area contributed by atoms with E-state index >= 15 is 0 Å². The summed E-state index contributed by atoms with van der Waals surface area (Å²) in [6.45, 7) is 0.276. The monoisotopic (exact) mass is 255 g/mol. The topological polar surface area (TPSA) is 78.0 Å². The first-order valence-electron chi connectivity index (χ1n) is 5.63. The van der Waals surface area contributed by atoms with Crippen molar-refractivity contribution in [1.82, 2.24) is 14.5 Å². The second-order valence-corrected chi connectivity index (χ2v) is 3.97. The Labute approximate surface area is 107 Å². The Bertz CT molecular complexity index is 837. The van der Waals surface area contributed by atoms with Gasteiger partial charge in [-0.15, -0.1) is 0 Å². The summed E-state index contributed by atoms with van der Waals surface area (Å²) in [4.78, 5) is 31.4. The van der Waals surface area contributed by atoms with Crippen LogP contribution in [0, 0.1) is 0 Å². The van der Waals surface area contributed by atoms with Crippen molar-refractivity contribution in [2.75, 3.05) is 0 Å². The zero-order valence-electron chi connectivity index (χ0n) is 9.81. The molecule has 0 aromatic carbocycles. The maximum Gasteiger partial charge on any atom is 0.423 e. The second-order valence-electron chi connectivity index (χ2n) is 3.97. The number of aromatic nitrogens is 3. The molecule has 0 atom stereocenters. The molecule has 3 aromatic rings. The smallest absolute Gasteiger partial charge is 0.372 e. The normalized spacial score (nSPS) is 10.7. The number of hydrogen-bond donors (Lipinski definition) is 0. The van der Waals surface area contributed by atoms with E-state index in [0.717, 1.165) is 5.56 Å². The highest BCUT2D eigenvalue weighted by Crippen LogP contribution is 2.06. The first-order valence-corrected chi connectivity index (χ1v) is 5.63. The molecule has 0 saturated heterocycles. The summed E-state index contributed by atoms with van der Waals surface area (Å²) in [5, 5.41) is 0.288. The van der Waals surface area contributed by atoms with E-state index in [2.05, 4.69) is 14.4 Å². The maximum atomic E-state index is 11.8. The van der Waals surface area contributed by atoms with Crippen molar-refractivity contribution in [2.24, 2.45) is 0 Å².